The summed E-state index contributed by atoms with van der Waals surface area (Å²) >= 11 is 0. The van der Waals surface area contributed by atoms with Crippen molar-refractivity contribution >= 4 is 156 Å². The van der Waals surface area contributed by atoms with Gasteiger partial charge >= 0.3 is 48.0 Å². The maximum atomic E-state index is 14.6. The van der Waals surface area contributed by atoms with Crippen molar-refractivity contribution in [1.29, 1.82) is 0 Å². The summed E-state index contributed by atoms with van der Waals surface area (Å²) in [5, 5.41) is 8.15. The molecule has 0 spiro atoms. The molecule has 7 aromatic rings. The number of ketones is 1. The van der Waals surface area contributed by atoms with E-state index in [0.717, 1.165) is 143 Å². The first-order valence-electron chi connectivity index (χ1n) is 50.6. The van der Waals surface area contributed by atoms with E-state index in [1.807, 2.05) is 179 Å². The van der Waals surface area contributed by atoms with Crippen molar-refractivity contribution in [2.45, 2.75) is 234 Å². The molecule has 0 saturated carbocycles. The lowest BCUT2D eigenvalue weighted by atomic mass is 9.93. The highest BCUT2D eigenvalue weighted by Gasteiger charge is 2.31. The molecular weight excluding hydrogens is 2020 g/mol. The predicted molar refractivity (Wildman–Crippen MR) is 581 cm³/mol. The zero-order chi connectivity index (χ0) is 104. The molecule has 800 valence electrons. The number of esters is 7. The Labute approximate surface area is 886 Å². The molecule has 4 fully saturated rings. The molecule has 0 bridgehead atoms. The van der Waals surface area contributed by atoms with E-state index in [1.165, 1.54) is 79.2 Å². The topological polar surface area (TPSA) is 278 Å². The summed E-state index contributed by atoms with van der Waals surface area (Å²) in [6, 6.07) is 46.3. The number of hydrogen-bond acceptors (Lipinski definition) is 31. The van der Waals surface area contributed by atoms with E-state index in [9.17, 15) is 55.9 Å². The Balaban J connectivity index is 0.000000238. The summed E-state index contributed by atoms with van der Waals surface area (Å²) in [5.74, 6) is 3.10. The van der Waals surface area contributed by atoms with Crippen molar-refractivity contribution < 1.29 is 122 Å². The van der Waals surface area contributed by atoms with Crippen molar-refractivity contribution in [1.82, 2.24) is 0 Å². The number of fused-ring (bicyclic) bond motifs is 1. The Morgan fingerprint density at radius 2 is 0.766 bits per heavy atom. The van der Waals surface area contributed by atoms with E-state index in [4.69, 9.17) is 66.3 Å². The molecule has 7 aromatic carbocycles. The Kier molecular flexibility index (Phi) is 62.5. The van der Waals surface area contributed by atoms with Gasteiger partial charge in [0, 0.05) is 105 Å². The van der Waals surface area contributed by atoms with Crippen LogP contribution in [-0.2, 0) is 119 Å². The predicted octanol–water partition coefficient (Wildman–Crippen LogP) is 25.6. The van der Waals surface area contributed by atoms with Crippen LogP contribution in [0.15, 0.2) is 158 Å². The number of benzene rings is 7. The zero-order valence-electron chi connectivity index (χ0n) is 84.6. The Hall–Kier alpha value is -7.36. The Morgan fingerprint density at radius 1 is 0.372 bits per heavy atom. The molecule has 0 aromatic heterocycles. The fraction of sp³-hybridized carbons (Fsp3) is 0.564. The van der Waals surface area contributed by atoms with Crippen LogP contribution in [0, 0.1) is 11.7 Å². The quantitative estimate of drug-likeness (QED) is 0.0122. The highest BCUT2D eigenvalue weighted by atomic mass is 33.1. The largest absolute Gasteiger partial charge is 0.497 e. The van der Waals surface area contributed by atoms with Gasteiger partial charge in [0.2, 0.25) is 0 Å². The van der Waals surface area contributed by atoms with Gasteiger partial charge < -0.3 is 71.6 Å². The highest BCUT2D eigenvalue weighted by Crippen LogP contribution is 2.44. The number of rotatable bonds is 65. The first-order valence-corrected chi connectivity index (χ1v) is 60.2. The molecule has 4 aliphatic heterocycles. The number of Topliss-reactive ketones (excluding diaryl/α,β-unsaturated/α-hetero) is 1. The number of carbonyl (C=O) groups excluding carboxylic acids is 8. The number of unbranched alkanes of at least 4 members (excludes halogenated alkanes) is 4. The fourth-order valence-corrected chi connectivity index (χ4v) is 27.4. The van der Waals surface area contributed by atoms with Crippen LogP contribution in [0.1, 0.15) is 227 Å². The van der Waals surface area contributed by atoms with Crippen LogP contribution in [-0.4, -0.2) is 224 Å². The van der Waals surface area contributed by atoms with Crippen LogP contribution in [0.25, 0.3) is 21.9 Å². The van der Waals surface area contributed by atoms with E-state index in [2.05, 4.69) is 37.4 Å². The maximum Gasteiger partial charge on any atom is 0.416 e. The lowest BCUT2D eigenvalue weighted by molar-refractivity contribution is -0.153. The minimum Gasteiger partial charge on any atom is -0.497 e. The van der Waals surface area contributed by atoms with E-state index in [-0.39, 0.29) is 119 Å². The summed E-state index contributed by atoms with van der Waals surface area (Å²) < 4.78 is 128. The average molecular weight is 2170 g/mol. The molecular formula is C110H147F4NO22S8. The summed E-state index contributed by atoms with van der Waals surface area (Å²) in [7, 11) is 17.3. The number of alkyl halides is 3. The van der Waals surface area contributed by atoms with Gasteiger partial charge in [-0.05, 0) is 196 Å². The summed E-state index contributed by atoms with van der Waals surface area (Å²) in [6.07, 6.45) is 16.6. The number of para-hydroxylation sites is 1. The first-order chi connectivity index (χ1) is 70.4. The van der Waals surface area contributed by atoms with Crippen molar-refractivity contribution in [2.75, 3.05) is 161 Å². The second-order valence-corrected chi connectivity index (χ2v) is 46.7. The lowest BCUT2D eigenvalue weighted by Gasteiger charge is -2.14. The fourth-order valence-electron chi connectivity index (χ4n) is 15.3. The van der Waals surface area contributed by atoms with Crippen LogP contribution < -0.4 is 10.1 Å². The van der Waals surface area contributed by atoms with Gasteiger partial charge in [0.25, 0.3) is 0 Å². The number of nitrogens with one attached hydrogen (secondary N) is 1. The Bertz CT molecular complexity index is 4860. The number of ether oxygens (including phenoxy) is 14. The normalized spacial score (nSPS) is 16.0. The molecule has 0 amide bonds. The molecule has 6 unspecified atom stereocenters. The minimum atomic E-state index is -4.43. The van der Waals surface area contributed by atoms with E-state index < -0.39 is 29.6 Å². The third kappa shape index (κ3) is 52.8. The molecule has 0 radical (unpaired) electrons. The van der Waals surface area contributed by atoms with Gasteiger partial charge in [-0.15, -0.1) is 0 Å². The molecule has 4 heterocycles. The van der Waals surface area contributed by atoms with Gasteiger partial charge in [-0.1, -0.05) is 248 Å². The third-order valence-corrected chi connectivity index (χ3v) is 35.7. The van der Waals surface area contributed by atoms with Crippen molar-refractivity contribution in [2.24, 2.45) is 5.92 Å². The number of anilines is 2. The van der Waals surface area contributed by atoms with Crippen LogP contribution in [0.5, 0.6) is 5.75 Å². The van der Waals surface area contributed by atoms with Gasteiger partial charge in [0.15, 0.2) is 0 Å². The van der Waals surface area contributed by atoms with Crippen LogP contribution >= 0.6 is 86.4 Å². The molecule has 23 nitrogen and oxygen atoms in total. The standard InChI is InChI=1S/C32H46O8S2.C28H34F3NO5S2.C25H29FO4S2.C25H38O5S2/c1-25(26-7-8-28-24-29(35-2)10-9-27(28)23-26)31(33)11-13-36-14-15-37-16-17-38-18-19-39-20-21-40-32(34)6-4-3-5-30-12-22-41-42-30;29-28(30,31)22-7-5-8-23(20-22)32-25-10-3-1-6-21(25)12-13-27(34)37-18-16-35-15-17-36-26(33)11-4-2-9-24-14-19-38-39-24;1-18(20-11-12-22(23(26)17-20)19-7-3-2-4-8-19)25(28)30-15-14-29-24(27)10-6-5-9-21-13-16-31-32-21;1-19(2)18-21-8-10-22(11-9-21)20(3)25(27)30-16-14-28-13-15-29-24(26)7-5-4-6-23-12-17-31-32-23/h7-10,23-25,30H,3-6,11-22H2,1-2H3;1,3,5-8,10,20,24,32H,2,4,9,11-19H2;2-4,7-8,11-12,17-18,21H,5-6,9-10,13-16H2,1H3;8-11,19-20,23H,4-7,12-18H2,1-3H3/t25-,30?;;;/m0.../s1. The van der Waals surface area contributed by atoms with Crippen LogP contribution in [0.4, 0.5) is 28.9 Å². The SMILES string of the molecule is CC(C(=O)OCCOC(=O)CCCCC1CCSS1)c1ccc(-c2ccccc2)c(F)c1.CC(C)Cc1ccc(C(C)C(=O)OCCOCCOC(=O)CCCCC2CCSS2)cc1.COc1ccc2cc([C@H](C)C(=O)CCOCCOCCOCCOCCOC(=O)CCCCC3CCSS3)ccc2c1.O=C(CCCCC1CCSS1)OCCOCCOC(=O)CCc1ccccc1Nc1cccc(C(F)(F)F)c1. The molecule has 4 saturated heterocycles. The zero-order valence-corrected chi connectivity index (χ0v) is 91.2. The monoisotopic (exact) mass is 2170 g/mol. The van der Waals surface area contributed by atoms with Crippen LogP contribution in [0.3, 0.4) is 0 Å². The average Bonchev–Trinajstić information content (AvgIpc) is 1.55. The Morgan fingerprint density at radius 3 is 1.21 bits per heavy atom. The number of methoxy groups -OCH3 is 1. The first kappa shape index (κ1) is 123. The minimum absolute atomic E-state index is 0.00453. The van der Waals surface area contributed by atoms with Gasteiger partial charge in [0.05, 0.1) is 104 Å². The van der Waals surface area contributed by atoms with Crippen LogP contribution in [0.2, 0.25) is 0 Å². The van der Waals surface area contributed by atoms with Crippen molar-refractivity contribution in [3.8, 4) is 16.9 Å². The van der Waals surface area contributed by atoms with E-state index in [1.54, 1.807) is 50.4 Å². The second kappa shape index (κ2) is 73.7. The number of hydrogen-bond donors (Lipinski definition) is 1. The molecule has 0 aliphatic carbocycles. The van der Waals surface area contributed by atoms with Gasteiger partial charge in [-0.3, -0.25) is 38.4 Å². The smallest absolute Gasteiger partial charge is 0.416 e. The number of aryl methyl sites for hydroxylation is 1. The number of carbonyl (C=O) groups is 8. The van der Waals surface area contributed by atoms with Gasteiger partial charge in [0.1, 0.15) is 63.6 Å². The second-order valence-electron chi connectivity index (χ2n) is 35.6. The maximum absolute atomic E-state index is 14.6. The summed E-state index contributed by atoms with van der Waals surface area (Å²) in [4.78, 5) is 96.4. The molecule has 35 heteroatoms. The van der Waals surface area contributed by atoms with E-state index in [0.29, 0.717) is 133 Å². The van der Waals surface area contributed by atoms with Crippen molar-refractivity contribution in [3.63, 3.8) is 0 Å². The van der Waals surface area contributed by atoms with Gasteiger partial charge in [-0.2, -0.15) is 13.2 Å². The third-order valence-electron chi connectivity index (χ3n) is 23.7. The van der Waals surface area contributed by atoms with Gasteiger partial charge in [-0.25, -0.2) is 4.39 Å². The molecule has 4 aliphatic rings. The van der Waals surface area contributed by atoms with E-state index >= 15 is 0 Å². The molecule has 7 atom stereocenters. The number of halogens is 4. The highest BCUT2D eigenvalue weighted by molar-refractivity contribution is 8.78. The lowest BCUT2D eigenvalue weighted by Crippen LogP contribution is -2.18. The molecule has 1 N–H and O–H groups in total. The van der Waals surface area contributed by atoms with Crippen molar-refractivity contribution in [3.05, 3.63) is 197 Å². The molecule has 11 rings (SSSR count). The summed E-state index contributed by atoms with van der Waals surface area (Å²) in [5.41, 5.74) is 6.02. The summed E-state index contributed by atoms with van der Waals surface area (Å²) in [6.45, 7) is 15.3. The molecule has 145 heavy (non-hydrogen) atoms.